The first-order valence-electron chi connectivity index (χ1n) is 7.91. The summed E-state index contributed by atoms with van der Waals surface area (Å²) in [5, 5.41) is 7.47. The number of nitrogens with one attached hydrogen (secondary N) is 1. The number of likely N-dealkylation sites (N-methyl/N-ethyl adjacent to an activating group) is 1. The zero-order valence-corrected chi connectivity index (χ0v) is 16.0. The minimum Gasteiger partial charge on any atom is -0.332 e. The maximum Gasteiger partial charge on any atom is 0.332 e. The number of aryl methyl sites for hydroxylation is 2. The minimum atomic E-state index is -0.435. The Morgan fingerprint density at radius 1 is 1.23 bits per heavy atom. The summed E-state index contributed by atoms with van der Waals surface area (Å²) < 4.78 is 7.71. The third-order valence-corrected chi connectivity index (χ3v) is 4.28. The fraction of sp³-hybridized carbons (Fsp3) is 0.438. The average molecular weight is 381 g/mol. The summed E-state index contributed by atoms with van der Waals surface area (Å²) in [7, 11) is 4.89. The Bertz CT molecular complexity index is 1070. The van der Waals surface area contributed by atoms with Crippen molar-refractivity contribution >= 4 is 23.4 Å². The van der Waals surface area contributed by atoms with Gasteiger partial charge in [-0.05, 0) is 32.5 Å². The van der Waals surface area contributed by atoms with E-state index < -0.39 is 5.69 Å². The molecular formula is C16H21ClN6O3. The van der Waals surface area contributed by atoms with E-state index in [0.717, 1.165) is 4.57 Å². The molecule has 1 unspecified atom stereocenters. The molecule has 140 valence electrons. The lowest BCUT2D eigenvalue weighted by Gasteiger charge is -2.09. The van der Waals surface area contributed by atoms with Crippen LogP contribution in [0.25, 0.3) is 22.6 Å². The van der Waals surface area contributed by atoms with Gasteiger partial charge in [-0.25, -0.2) is 9.78 Å². The van der Waals surface area contributed by atoms with Gasteiger partial charge in [-0.3, -0.25) is 13.9 Å². The van der Waals surface area contributed by atoms with Crippen LogP contribution in [-0.4, -0.2) is 37.3 Å². The molecule has 10 heteroatoms. The Hall–Kier alpha value is -2.52. The largest absolute Gasteiger partial charge is 0.332 e. The molecule has 0 spiro atoms. The Labute approximate surface area is 155 Å². The second-order valence-corrected chi connectivity index (χ2v) is 6.14. The lowest BCUT2D eigenvalue weighted by atomic mass is 10.1. The molecule has 0 fully saturated rings. The third kappa shape index (κ3) is 3.27. The molecular weight excluding hydrogens is 360 g/mol. The summed E-state index contributed by atoms with van der Waals surface area (Å²) in [6.07, 6.45) is 0.617. The highest BCUT2D eigenvalue weighted by Crippen LogP contribution is 2.20. The maximum absolute atomic E-state index is 12.4. The zero-order chi connectivity index (χ0) is 18.3. The highest BCUT2D eigenvalue weighted by molar-refractivity contribution is 5.85. The predicted molar refractivity (Wildman–Crippen MR) is 99.7 cm³/mol. The van der Waals surface area contributed by atoms with Crippen LogP contribution in [-0.2, 0) is 20.5 Å². The van der Waals surface area contributed by atoms with E-state index in [0.29, 0.717) is 34.5 Å². The first-order valence-corrected chi connectivity index (χ1v) is 7.91. The third-order valence-electron chi connectivity index (χ3n) is 4.28. The number of hydrogen-bond donors (Lipinski definition) is 1. The lowest BCUT2D eigenvalue weighted by Crippen LogP contribution is -2.37. The number of fused-ring (bicyclic) bond motifs is 1. The maximum atomic E-state index is 12.4. The second kappa shape index (κ2) is 7.38. The van der Waals surface area contributed by atoms with E-state index in [1.807, 2.05) is 14.0 Å². The summed E-state index contributed by atoms with van der Waals surface area (Å²) in [6.45, 7) is 3.81. The van der Waals surface area contributed by atoms with Crippen molar-refractivity contribution in [3.63, 3.8) is 0 Å². The van der Waals surface area contributed by atoms with Crippen molar-refractivity contribution in [2.75, 3.05) is 7.05 Å². The Kier molecular flexibility index (Phi) is 5.62. The van der Waals surface area contributed by atoms with Crippen molar-refractivity contribution in [3.05, 3.63) is 38.3 Å². The van der Waals surface area contributed by atoms with Crippen molar-refractivity contribution < 1.29 is 4.52 Å². The standard InChI is InChI=1S/C16H20N6O3.ClH/c1-8-6-10(14-19-11(20-25-14)7-9(2)17-3)18-13-12(8)15(23)22(5)16(24)21(13)4;/h6,9,17H,7H2,1-5H3;1H. The van der Waals surface area contributed by atoms with Gasteiger partial charge in [0.05, 0.1) is 5.39 Å². The molecule has 3 rings (SSSR count). The van der Waals surface area contributed by atoms with Gasteiger partial charge in [-0.2, -0.15) is 4.98 Å². The van der Waals surface area contributed by atoms with Crippen molar-refractivity contribution in [1.29, 1.82) is 0 Å². The van der Waals surface area contributed by atoms with Crippen LogP contribution in [0.5, 0.6) is 0 Å². The first-order chi connectivity index (χ1) is 11.8. The normalized spacial score (nSPS) is 12.2. The van der Waals surface area contributed by atoms with Crippen LogP contribution in [0.4, 0.5) is 0 Å². The topological polar surface area (TPSA) is 108 Å². The zero-order valence-electron chi connectivity index (χ0n) is 15.2. The SMILES string of the molecule is CNC(C)Cc1noc(-c2cc(C)c3c(=O)n(C)c(=O)n(C)c3n2)n1.Cl. The summed E-state index contributed by atoms with van der Waals surface area (Å²) in [5.74, 6) is 0.825. The molecule has 0 saturated carbocycles. The number of rotatable bonds is 4. The van der Waals surface area contributed by atoms with E-state index in [-0.39, 0.29) is 29.9 Å². The molecule has 0 radical (unpaired) electrons. The van der Waals surface area contributed by atoms with Gasteiger partial charge in [0.15, 0.2) is 5.82 Å². The molecule has 0 aliphatic rings. The van der Waals surface area contributed by atoms with Gasteiger partial charge in [0, 0.05) is 26.6 Å². The Balaban J connectivity index is 0.00000243. The highest BCUT2D eigenvalue weighted by atomic mass is 35.5. The van der Waals surface area contributed by atoms with Crippen LogP contribution in [0.3, 0.4) is 0 Å². The molecule has 0 amide bonds. The lowest BCUT2D eigenvalue weighted by molar-refractivity contribution is 0.417. The van der Waals surface area contributed by atoms with Gasteiger partial charge in [-0.1, -0.05) is 5.16 Å². The van der Waals surface area contributed by atoms with Crippen molar-refractivity contribution in [3.8, 4) is 11.6 Å². The molecule has 3 aromatic rings. The molecule has 26 heavy (non-hydrogen) atoms. The predicted octanol–water partition coefficient (Wildman–Crippen LogP) is 0.563. The van der Waals surface area contributed by atoms with Crippen LogP contribution < -0.4 is 16.6 Å². The molecule has 0 saturated heterocycles. The fourth-order valence-electron chi connectivity index (χ4n) is 2.66. The van der Waals surface area contributed by atoms with Crippen LogP contribution in [0.15, 0.2) is 20.2 Å². The van der Waals surface area contributed by atoms with Crippen LogP contribution in [0, 0.1) is 6.92 Å². The Morgan fingerprint density at radius 3 is 2.58 bits per heavy atom. The van der Waals surface area contributed by atoms with Gasteiger partial charge in [0.2, 0.25) is 0 Å². The molecule has 3 heterocycles. The number of pyridine rings is 1. The quantitative estimate of drug-likeness (QED) is 0.704. The molecule has 1 N–H and O–H groups in total. The summed E-state index contributed by atoms with van der Waals surface area (Å²) in [5.41, 5.74) is 0.620. The molecule has 0 bridgehead atoms. The minimum absolute atomic E-state index is 0. The van der Waals surface area contributed by atoms with Gasteiger partial charge in [0.1, 0.15) is 11.3 Å². The van der Waals surface area contributed by atoms with Crippen LogP contribution >= 0.6 is 12.4 Å². The van der Waals surface area contributed by atoms with E-state index in [2.05, 4.69) is 20.4 Å². The number of aromatic nitrogens is 5. The monoisotopic (exact) mass is 380 g/mol. The molecule has 9 nitrogen and oxygen atoms in total. The Morgan fingerprint density at radius 2 is 1.92 bits per heavy atom. The van der Waals surface area contributed by atoms with Gasteiger partial charge >= 0.3 is 5.69 Å². The van der Waals surface area contributed by atoms with E-state index in [1.165, 1.54) is 11.6 Å². The smallest absolute Gasteiger partial charge is 0.332 e. The van der Waals surface area contributed by atoms with Gasteiger partial charge < -0.3 is 9.84 Å². The number of nitrogens with zero attached hydrogens (tertiary/aromatic N) is 5. The van der Waals surface area contributed by atoms with Gasteiger partial charge in [-0.15, -0.1) is 12.4 Å². The van der Waals surface area contributed by atoms with E-state index in [4.69, 9.17) is 4.52 Å². The van der Waals surface area contributed by atoms with Crippen LogP contribution in [0.2, 0.25) is 0 Å². The number of halogens is 1. The molecule has 1 atom stereocenters. The first kappa shape index (κ1) is 19.8. The van der Waals surface area contributed by atoms with Crippen molar-refractivity contribution in [2.24, 2.45) is 14.1 Å². The summed E-state index contributed by atoms with van der Waals surface area (Å²) >= 11 is 0. The molecule has 0 aliphatic carbocycles. The van der Waals surface area contributed by atoms with E-state index in [1.54, 1.807) is 20.0 Å². The van der Waals surface area contributed by atoms with Crippen molar-refractivity contribution in [2.45, 2.75) is 26.3 Å². The average Bonchev–Trinajstić information content (AvgIpc) is 3.05. The van der Waals surface area contributed by atoms with Crippen molar-refractivity contribution in [1.82, 2.24) is 29.6 Å². The molecule has 3 aromatic heterocycles. The van der Waals surface area contributed by atoms with Gasteiger partial charge in [0.25, 0.3) is 11.4 Å². The summed E-state index contributed by atoms with van der Waals surface area (Å²) in [4.78, 5) is 33.3. The summed E-state index contributed by atoms with van der Waals surface area (Å²) in [6, 6.07) is 1.92. The fourth-order valence-corrected chi connectivity index (χ4v) is 2.66. The van der Waals surface area contributed by atoms with Crippen LogP contribution in [0.1, 0.15) is 18.3 Å². The highest BCUT2D eigenvalue weighted by Gasteiger charge is 2.17. The molecule has 0 aromatic carbocycles. The second-order valence-electron chi connectivity index (χ2n) is 6.14. The molecule has 0 aliphatic heterocycles. The van der Waals surface area contributed by atoms with E-state index in [9.17, 15) is 9.59 Å². The number of hydrogen-bond acceptors (Lipinski definition) is 7. The van der Waals surface area contributed by atoms with E-state index >= 15 is 0 Å².